The Kier molecular flexibility index (Phi) is 6.94. The number of carbonyl (C=O) groups excluding carboxylic acids is 1. The first-order valence-electron chi connectivity index (χ1n) is 9.71. The number of nitrogens with zero attached hydrogens (tertiary/aromatic N) is 3. The average molecular weight is 408 g/mol. The number of likely N-dealkylation sites (N-methyl/N-ethyl adjacent to an activating group) is 1. The number of fused-ring (bicyclic) bond motifs is 3. The highest BCUT2D eigenvalue weighted by molar-refractivity contribution is 7.99. The summed E-state index contributed by atoms with van der Waals surface area (Å²) in [5.74, 6) is 1.59. The third kappa shape index (κ3) is 4.92. The smallest absolute Gasteiger partial charge is 0.230 e. The lowest BCUT2D eigenvalue weighted by Gasteiger charge is -2.18. The van der Waals surface area contributed by atoms with E-state index in [1.807, 2.05) is 0 Å². The van der Waals surface area contributed by atoms with E-state index in [1.54, 1.807) is 11.3 Å². The SMILES string of the molecule is CCN(CC)CCNC(=O)CSc1nc(N)c2c3c(sc2n1)CC(C)CC3. The van der Waals surface area contributed by atoms with Gasteiger partial charge in [-0.15, -0.1) is 11.3 Å². The van der Waals surface area contributed by atoms with Gasteiger partial charge in [-0.2, -0.15) is 0 Å². The van der Waals surface area contributed by atoms with Crippen LogP contribution in [0.5, 0.6) is 0 Å². The first-order valence-corrected chi connectivity index (χ1v) is 11.5. The molecule has 6 nitrogen and oxygen atoms in total. The van der Waals surface area contributed by atoms with E-state index in [9.17, 15) is 4.79 Å². The van der Waals surface area contributed by atoms with Crippen molar-refractivity contribution < 1.29 is 4.79 Å². The number of aryl methyl sites for hydroxylation is 1. The van der Waals surface area contributed by atoms with Gasteiger partial charge in [0.05, 0.1) is 11.1 Å². The molecule has 1 aliphatic carbocycles. The molecule has 0 bridgehead atoms. The number of anilines is 1. The van der Waals surface area contributed by atoms with Gasteiger partial charge >= 0.3 is 0 Å². The fraction of sp³-hybridized carbons (Fsp3) is 0.632. The molecule has 0 fully saturated rings. The number of nitrogens with two attached hydrogens (primary N) is 1. The third-order valence-corrected chi connectivity index (χ3v) is 7.14. The molecule has 148 valence electrons. The molecule has 0 saturated carbocycles. The fourth-order valence-electron chi connectivity index (χ4n) is 3.49. The predicted octanol–water partition coefficient (Wildman–Crippen LogP) is 2.95. The number of nitrogen functional groups attached to an aromatic ring is 1. The highest BCUT2D eigenvalue weighted by Crippen LogP contribution is 2.39. The molecule has 0 spiro atoms. The van der Waals surface area contributed by atoms with Crippen molar-refractivity contribution >= 4 is 45.0 Å². The Bertz CT molecular complexity index is 803. The van der Waals surface area contributed by atoms with Crippen molar-refractivity contribution in [2.75, 3.05) is 37.7 Å². The van der Waals surface area contributed by atoms with Gasteiger partial charge in [0, 0.05) is 18.0 Å². The fourth-order valence-corrected chi connectivity index (χ4v) is 5.62. The second-order valence-corrected chi connectivity index (χ2v) is 9.11. The zero-order chi connectivity index (χ0) is 19.4. The maximum Gasteiger partial charge on any atom is 0.230 e. The van der Waals surface area contributed by atoms with Crippen LogP contribution in [0.25, 0.3) is 10.2 Å². The molecule has 2 aromatic heterocycles. The summed E-state index contributed by atoms with van der Waals surface area (Å²) in [5.41, 5.74) is 7.59. The van der Waals surface area contributed by atoms with Crippen LogP contribution in [-0.4, -0.2) is 52.7 Å². The summed E-state index contributed by atoms with van der Waals surface area (Å²) in [4.78, 5) is 25.9. The van der Waals surface area contributed by atoms with Crippen LogP contribution in [0.15, 0.2) is 5.16 Å². The zero-order valence-electron chi connectivity index (χ0n) is 16.4. The molecule has 2 aromatic rings. The third-order valence-electron chi connectivity index (χ3n) is 5.14. The number of carbonyl (C=O) groups is 1. The van der Waals surface area contributed by atoms with Gasteiger partial charge in [0.25, 0.3) is 0 Å². The Morgan fingerprint density at radius 2 is 2.15 bits per heavy atom. The van der Waals surface area contributed by atoms with Crippen LogP contribution in [-0.2, 0) is 17.6 Å². The molecule has 0 aliphatic heterocycles. The Morgan fingerprint density at radius 1 is 1.37 bits per heavy atom. The maximum atomic E-state index is 12.1. The Hall–Kier alpha value is -1.38. The summed E-state index contributed by atoms with van der Waals surface area (Å²) < 4.78 is 0. The molecule has 1 unspecified atom stereocenters. The second-order valence-electron chi connectivity index (χ2n) is 7.09. The van der Waals surface area contributed by atoms with Crippen LogP contribution in [0.3, 0.4) is 0 Å². The molecule has 0 saturated heterocycles. The van der Waals surface area contributed by atoms with Gasteiger partial charge in [-0.1, -0.05) is 32.5 Å². The largest absolute Gasteiger partial charge is 0.383 e. The van der Waals surface area contributed by atoms with Crippen LogP contribution in [0.2, 0.25) is 0 Å². The topological polar surface area (TPSA) is 84.1 Å². The van der Waals surface area contributed by atoms with E-state index in [2.05, 4.69) is 41.0 Å². The highest BCUT2D eigenvalue weighted by atomic mass is 32.2. The van der Waals surface area contributed by atoms with Crippen LogP contribution >= 0.6 is 23.1 Å². The van der Waals surface area contributed by atoms with Gasteiger partial charge in [0.15, 0.2) is 5.16 Å². The van der Waals surface area contributed by atoms with Gasteiger partial charge in [-0.3, -0.25) is 4.79 Å². The van der Waals surface area contributed by atoms with Crippen LogP contribution < -0.4 is 11.1 Å². The van der Waals surface area contributed by atoms with E-state index in [-0.39, 0.29) is 5.91 Å². The monoisotopic (exact) mass is 407 g/mol. The number of nitrogens with one attached hydrogen (secondary N) is 1. The first kappa shape index (κ1) is 20.4. The molecule has 1 aliphatic rings. The number of hydrogen-bond donors (Lipinski definition) is 2. The number of rotatable bonds is 8. The van der Waals surface area contributed by atoms with Gasteiger partial charge in [0.1, 0.15) is 10.6 Å². The zero-order valence-corrected chi connectivity index (χ0v) is 18.0. The van der Waals surface area contributed by atoms with Gasteiger partial charge in [-0.25, -0.2) is 9.97 Å². The number of aromatic nitrogens is 2. The van der Waals surface area contributed by atoms with Crippen molar-refractivity contribution in [3.63, 3.8) is 0 Å². The summed E-state index contributed by atoms with van der Waals surface area (Å²) in [6, 6.07) is 0. The maximum absolute atomic E-state index is 12.1. The van der Waals surface area contributed by atoms with E-state index >= 15 is 0 Å². The lowest BCUT2D eigenvalue weighted by atomic mass is 9.89. The number of amides is 1. The number of thiophene rings is 1. The van der Waals surface area contributed by atoms with Crippen molar-refractivity contribution in [3.8, 4) is 0 Å². The Labute approximate surface area is 169 Å². The molecular formula is C19H29N5OS2. The minimum atomic E-state index is 0.00808. The Balaban J connectivity index is 1.60. The molecule has 3 rings (SSSR count). The summed E-state index contributed by atoms with van der Waals surface area (Å²) in [6.07, 6.45) is 3.36. The van der Waals surface area contributed by atoms with Crippen molar-refractivity contribution in [1.82, 2.24) is 20.2 Å². The average Bonchev–Trinajstić information content (AvgIpc) is 3.01. The van der Waals surface area contributed by atoms with Crippen LogP contribution in [0.4, 0.5) is 5.82 Å². The van der Waals surface area contributed by atoms with Gasteiger partial charge < -0.3 is 16.0 Å². The summed E-state index contributed by atoms with van der Waals surface area (Å²) in [6.45, 7) is 10.1. The minimum absolute atomic E-state index is 0.00808. The lowest BCUT2D eigenvalue weighted by Crippen LogP contribution is -2.35. The molecule has 0 radical (unpaired) electrons. The van der Waals surface area contributed by atoms with Gasteiger partial charge in [0.2, 0.25) is 5.91 Å². The van der Waals surface area contributed by atoms with E-state index in [0.29, 0.717) is 29.2 Å². The summed E-state index contributed by atoms with van der Waals surface area (Å²) in [7, 11) is 0. The van der Waals surface area contributed by atoms with Crippen LogP contribution in [0.1, 0.15) is 37.6 Å². The van der Waals surface area contributed by atoms with E-state index < -0.39 is 0 Å². The van der Waals surface area contributed by atoms with Crippen molar-refractivity contribution in [3.05, 3.63) is 10.4 Å². The molecular weight excluding hydrogens is 378 g/mol. The summed E-state index contributed by atoms with van der Waals surface area (Å²) in [5, 5.41) is 4.59. The molecule has 1 amide bonds. The molecule has 27 heavy (non-hydrogen) atoms. The Morgan fingerprint density at radius 3 is 2.89 bits per heavy atom. The first-order chi connectivity index (χ1) is 13.0. The normalized spacial score (nSPS) is 16.7. The van der Waals surface area contributed by atoms with E-state index in [1.165, 1.54) is 28.6 Å². The summed E-state index contributed by atoms with van der Waals surface area (Å²) >= 11 is 3.09. The van der Waals surface area contributed by atoms with Crippen molar-refractivity contribution in [2.24, 2.45) is 5.92 Å². The van der Waals surface area contributed by atoms with Gasteiger partial charge in [-0.05, 0) is 43.8 Å². The number of hydrogen-bond acceptors (Lipinski definition) is 7. The molecule has 8 heteroatoms. The quantitative estimate of drug-likeness (QED) is 0.517. The molecule has 3 N–H and O–H groups in total. The highest BCUT2D eigenvalue weighted by Gasteiger charge is 2.23. The van der Waals surface area contributed by atoms with Crippen LogP contribution in [0, 0.1) is 5.92 Å². The second kappa shape index (κ2) is 9.21. The standard InChI is InChI=1S/C19H29N5OS2/c1-4-24(5-2)9-8-21-15(25)11-26-19-22-17(20)16-13-7-6-12(3)10-14(13)27-18(16)23-19/h12H,4-11H2,1-3H3,(H,21,25)(H2,20,22,23). The number of thioether (sulfide) groups is 1. The van der Waals surface area contributed by atoms with E-state index in [4.69, 9.17) is 5.73 Å². The van der Waals surface area contributed by atoms with E-state index in [0.717, 1.165) is 42.7 Å². The minimum Gasteiger partial charge on any atom is -0.383 e. The molecule has 1 atom stereocenters. The predicted molar refractivity (Wildman–Crippen MR) is 115 cm³/mol. The molecule has 0 aromatic carbocycles. The van der Waals surface area contributed by atoms with Crippen molar-refractivity contribution in [1.29, 1.82) is 0 Å². The lowest BCUT2D eigenvalue weighted by molar-refractivity contribution is -0.118. The van der Waals surface area contributed by atoms with Crippen molar-refractivity contribution in [2.45, 2.75) is 45.2 Å². The molecule has 2 heterocycles.